The average Bonchev–Trinajstić information content (AvgIpc) is 2.56. The maximum Gasteiger partial charge on any atom is 0.295 e. The fourth-order valence-corrected chi connectivity index (χ4v) is 10.9. The molecular weight excluding hydrogens is 336 g/mol. The van der Waals surface area contributed by atoms with Gasteiger partial charge in [-0.15, -0.1) is 0 Å². The third kappa shape index (κ3) is 6.71. The lowest BCUT2D eigenvalue weighted by molar-refractivity contribution is -0.139. The van der Waals surface area contributed by atoms with Crippen molar-refractivity contribution in [1.29, 1.82) is 0 Å². The van der Waals surface area contributed by atoms with Gasteiger partial charge in [-0.25, -0.2) is 0 Å². The maximum atomic E-state index is 12.1. The Bertz CT molecular complexity index is 362. The number of hydrogen-bond acceptors (Lipinski definition) is 4. The lowest BCUT2D eigenvalue weighted by atomic mass is 10.2. The first kappa shape index (κ1) is 23.4. The summed E-state index contributed by atoms with van der Waals surface area (Å²) in [6.45, 7) is 16.1. The van der Waals surface area contributed by atoms with Gasteiger partial charge >= 0.3 is 0 Å². The van der Waals surface area contributed by atoms with E-state index in [9.17, 15) is 9.59 Å². The van der Waals surface area contributed by atoms with E-state index in [1.54, 1.807) is 0 Å². The van der Waals surface area contributed by atoms with Crippen LogP contribution in [0.5, 0.6) is 0 Å². The maximum absolute atomic E-state index is 12.1. The molecule has 0 bridgehead atoms. The van der Waals surface area contributed by atoms with Crippen molar-refractivity contribution in [3.05, 3.63) is 0 Å². The highest BCUT2D eigenvalue weighted by atomic mass is 28.4. The Morgan fingerprint density at radius 2 is 0.917 bits per heavy atom. The fourth-order valence-electron chi connectivity index (χ4n) is 2.72. The van der Waals surface area contributed by atoms with Crippen LogP contribution in [0.4, 0.5) is 0 Å². The zero-order valence-corrected chi connectivity index (χ0v) is 19.0. The minimum atomic E-state index is -2.10. The standard InChI is InChI=1S/C18H38O4Si2/c1-9-23(10-2,21-17(19)15(5)6)13-14-24(11-3,12-4)22-18(20)16(7)8/h15-16H,9-14H2,1-8H3. The minimum absolute atomic E-state index is 0.0789. The van der Waals surface area contributed by atoms with Gasteiger partial charge in [0.05, 0.1) is 0 Å². The normalized spacial score (nSPS) is 12.6. The molecule has 6 heteroatoms. The molecule has 0 radical (unpaired) electrons. The van der Waals surface area contributed by atoms with Gasteiger partial charge in [0.1, 0.15) is 0 Å². The van der Waals surface area contributed by atoms with Gasteiger partial charge in [0.2, 0.25) is 0 Å². The van der Waals surface area contributed by atoms with Crippen molar-refractivity contribution in [2.75, 3.05) is 0 Å². The summed E-state index contributed by atoms with van der Waals surface area (Å²) in [4.78, 5) is 24.3. The van der Waals surface area contributed by atoms with Gasteiger partial charge < -0.3 is 8.85 Å². The first-order chi connectivity index (χ1) is 11.1. The molecule has 0 aliphatic rings. The molecule has 0 unspecified atom stereocenters. The highest BCUT2D eigenvalue weighted by molar-refractivity contribution is 6.80. The van der Waals surface area contributed by atoms with Crippen molar-refractivity contribution < 1.29 is 18.4 Å². The molecule has 24 heavy (non-hydrogen) atoms. The Hall–Kier alpha value is -0.626. The monoisotopic (exact) mass is 374 g/mol. The summed E-state index contributed by atoms with van der Waals surface area (Å²) < 4.78 is 12.0. The van der Waals surface area contributed by atoms with Gasteiger partial charge in [-0.2, -0.15) is 0 Å². The molecule has 0 heterocycles. The Morgan fingerprint density at radius 3 is 1.08 bits per heavy atom. The second-order valence-electron chi connectivity index (χ2n) is 7.43. The van der Waals surface area contributed by atoms with Crippen LogP contribution < -0.4 is 0 Å². The molecule has 0 rings (SSSR count). The Labute approximate surface area is 151 Å². The van der Waals surface area contributed by atoms with Crippen molar-refractivity contribution in [3.8, 4) is 0 Å². The molecule has 0 aromatic heterocycles. The van der Waals surface area contributed by atoms with E-state index in [0.717, 1.165) is 36.3 Å². The second kappa shape index (κ2) is 10.4. The lowest BCUT2D eigenvalue weighted by Crippen LogP contribution is -2.46. The van der Waals surface area contributed by atoms with Gasteiger partial charge in [0, 0.05) is 11.8 Å². The van der Waals surface area contributed by atoms with Crippen LogP contribution in [-0.2, 0) is 18.4 Å². The van der Waals surface area contributed by atoms with Crippen LogP contribution in [0, 0.1) is 11.8 Å². The van der Waals surface area contributed by atoms with Crippen LogP contribution in [0.2, 0.25) is 36.3 Å². The SMILES string of the molecule is CC[Si](CC)(CC[Si](CC)(CC)OC(=O)C(C)C)OC(=O)C(C)C. The fraction of sp³-hybridized carbons (Fsp3) is 0.889. The highest BCUT2D eigenvalue weighted by Crippen LogP contribution is 2.33. The van der Waals surface area contributed by atoms with Gasteiger partial charge in [0.15, 0.2) is 0 Å². The van der Waals surface area contributed by atoms with Gasteiger partial charge in [-0.1, -0.05) is 55.4 Å². The molecular formula is C18H38O4Si2. The molecule has 0 fully saturated rings. The van der Waals surface area contributed by atoms with E-state index < -0.39 is 16.6 Å². The summed E-state index contributed by atoms with van der Waals surface area (Å²) >= 11 is 0. The minimum Gasteiger partial charge on any atom is -0.519 e. The number of hydrogen-bond donors (Lipinski definition) is 0. The van der Waals surface area contributed by atoms with Crippen molar-refractivity contribution >= 4 is 28.6 Å². The summed E-state index contributed by atoms with van der Waals surface area (Å²) in [5, 5.41) is 0. The number of carbonyl (C=O) groups excluding carboxylic acids is 2. The van der Waals surface area contributed by atoms with Gasteiger partial charge in [-0.05, 0) is 36.3 Å². The molecule has 0 atom stereocenters. The van der Waals surface area contributed by atoms with E-state index in [0.29, 0.717) is 0 Å². The quantitative estimate of drug-likeness (QED) is 0.457. The molecule has 0 aliphatic carbocycles. The van der Waals surface area contributed by atoms with Crippen molar-refractivity contribution in [3.63, 3.8) is 0 Å². The average molecular weight is 375 g/mol. The second-order valence-corrected chi connectivity index (χ2v) is 16.4. The van der Waals surface area contributed by atoms with Crippen LogP contribution in [0.15, 0.2) is 0 Å². The molecule has 0 aromatic carbocycles. The summed E-state index contributed by atoms with van der Waals surface area (Å²) in [6, 6.07) is 5.54. The highest BCUT2D eigenvalue weighted by Gasteiger charge is 2.42. The number of rotatable bonds is 11. The summed E-state index contributed by atoms with van der Waals surface area (Å²) in [7, 11) is -4.19. The van der Waals surface area contributed by atoms with E-state index in [4.69, 9.17) is 8.85 Å². The van der Waals surface area contributed by atoms with Crippen molar-refractivity contribution in [2.45, 2.75) is 91.7 Å². The Morgan fingerprint density at radius 1 is 0.667 bits per heavy atom. The zero-order valence-electron chi connectivity index (χ0n) is 17.0. The van der Waals surface area contributed by atoms with E-state index in [2.05, 4.69) is 27.7 Å². The lowest BCUT2D eigenvalue weighted by Gasteiger charge is -2.35. The first-order valence-electron chi connectivity index (χ1n) is 9.56. The number of carbonyl (C=O) groups is 2. The van der Waals surface area contributed by atoms with Crippen LogP contribution in [0.3, 0.4) is 0 Å². The molecule has 0 spiro atoms. The van der Waals surface area contributed by atoms with E-state index in [-0.39, 0.29) is 23.8 Å². The summed E-state index contributed by atoms with van der Waals surface area (Å²) in [5.41, 5.74) is 0. The molecule has 0 aliphatic heterocycles. The zero-order chi connectivity index (χ0) is 19.0. The largest absolute Gasteiger partial charge is 0.519 e. The molecule has 0 saturated heterocycles. The van der Waals surface area contributed by atoms with Gasteiger partial charge in [0.25, 0.3) is 28.6 Å². The Balaban J connectivity index is 5.19. The smallest absolute Gasteiger partial charge is 0.295 e. The van der Waals surface area contributed by atoms with E-state index in [1.165, 1.54) is 0 Å². The van der Waals surface area contributed by atoms with E-state index in [1.807, 2.05) is 27.7 Å². The predicted molar refractivity (Wildman–Crippen MR) is 105 cm³/mol. The third-order valence-electron chi connectivity index (χ3n) is 5.19. The molecule has 4 nitrogen and oxygen atoms in total. The van der Waals surface area contributed by atoms with Crippen molar-refractivity contribution in [1.82, 2.24) is 0 Å². The van der Waals surface area contributed by atoms with Crippen LogP contribution >= 0.6 is 0 Å². The van der Waals surface area contributed by atoms with Crippen LogP contribution in [-0.4, -0.2) is 28.6 Å². The van der Waals surface area contributed by atoms with Crippen LogP contribution in [0.1, 0.15) is 55.4 Å². The Kier molecular flexibility index (Phi) is 10.1. The molecule has 0 aromatic rings. The summed E-state index contributed by atoms with van der Waals surface area (Å²) in [5.74, 6) is -0.337. The summed E-state index contributed by atoms with van der Waals surface area (Å²) in [6.07, 6.45) is 0. The van der Waals surface area contributed by atoms with Gasteiger partial charge in [-0.3, -0.25) is 9.59 Å². The molecule has 142 valence electrons. The van der Waals surface area contributed by atoms with Crippen molar-refractivity contribution in [2.24, 2.45) is 11.8 Å². The molecule has 0 amide bonds. The topological polar surface area (TPSA) is 52.6 Å². The third-order valence-corrected chi connectivity index (χ3v) is 14.4. The van der Waals surface area contributed by atoms with E-state index >= 15 is 0 Å². The predicted octanol–water partition coefficient (Wildman–Crippen LogP) is 5.36. The van der Waals surface area contributed by atoms with Crippen LogP contribution in [0.25, 0.3) is 0 Å². The molecule has 0 saturated carbocycles. The first-order valence-corrected chi connectivity index (χ1v) is 14.6. The molecule has 0 N–H and O–H groups in total.